The van der Waals surface area contributed by atoms with Gasteiger partial charge in [-0.25, -0.2) is 19.6 Å². The number of ether oxygens (including phenoxy) is 3. The lowest BCUT2D eigenvalue weighted by atomic mass is 9.98. The molecule has 18 nitrogen and oxygen atoms in total. The molecule has 2 aliphatic heterocycles. The number of nitrogens with two attached hydrogens (primary N) is 2. The summed E-state index contributed by atoms with van der Waals surface area (Å²) < 4.78 is 76.0. The Bertz CT molecular complexity index is 2110. The number of anilines is 2. The summed E-state index contributed by atoms with van der Waals surface area (Å²) in [5.41, 5.74) is 5.58. The van der Waals surface area contributed by atoms with Crippen LogP contribution in [0.3, 0.4) is 0 Å². The number of nitrogens with zero attached hydrogens (tertiary/aromatic N) is 8. The molecule has 0 spiro atoms. The number of carbonyl (C=O) groups excluding carboxylic acids is 1. The number of hydrogen-bond acceptors (Lipinski definition) is 15. The molecule has 4 aromatic heterocycles. The number of aliphatic hydroxyl groups is 2. The number of carboxylic acid groups (broad SMARTS) is 1. The molecule has 0 saturated carbocycles. The Morgan fingerprint density at radius 2 is 1.37 bits per heavy atom. The minimum atomic E-state index is -2.64. The minimum absolute atomic E-state index is 0. The van der Waals surface area contributed by atoms with E-state index in [1.54, 1.807) is 5.92 Å². The number of methoxy groups -OCH3 is 1. The monoisotopic (exact) mass is 648 g/mol. The molecule has 0 unspecified atom stereocenters. The van der Waals surface area contributed by atoms with Crippen molar-refractivity contribution in [2.24, 2.45) is 0 Å². The molecule has 0 aliphatic carbocycles. The maximum absolute atomic E-state index is 13.5. The molecule has 2 aliphatic rings. The van der Waals surface area contributed by atoms with Crippen molar-refractivity contribution in [2.45, 2.75) is 56.0 Å². The van der Waals surface area contributed by atoms with Crippen LogP contribution in [0.5, 0.6) is 0 Å². The molecule has 242 valence electrons. The van der Waals surface area contributed by atoms with Crippen LogP contribution in [0.2, 0.25) is 0 Å². The van der Waals surface area contributed by atoms with Crippen molar-refractivity contribution in [2.75, 3.05) is 18.6 Å². The van der Waals surface area contributed by atoms with Crippen LogP contribution >= 0.6 is 0 Å². The van der Waals surface area contributed by atoms with Crippen molar-refractivity contribution < 1.29 is 53.4 Å². The quantitative estimate of drug-likeness (QED) is 0.104. The van der Waals surface area contributed by atoms with E-state index in [1.807, 2.05) is 5.92 Å². The van der Waals surface area contributed by atoms with Gasteiger partial charge in [0.15, 0.2) is 34.0 Å². The highest BCUT2D eigenvalue weighted by Crippen LogP contribution is 2.39. The highest BCUT2D eigenvalue weighted by Gasteiger charge is 2.55. The number of carbonyl (C=O) groups is 2. The molecule has 0 aromatic carbocycles. The van der Waals surface area contributed by atoms with Gasteiger partial charge in [-0.1, -0.05) is 19.3 Å². The molecule has 2 saturated heterocycles. The molecule has 6 rings (SSSR count). The first-order valence-corrected chi connectivity index (χ1v) is 12.1. The van der Waals surface area contributed by atoms with E-state index in [0.29, 0.717) is 0 Å². The van der Waals surface area contributed by atoms with Gasteiger partial charge in [0.25, 0.3) is 11.2 Å². The smallest absolute Gasteiger partial charge is 0.353 e. The van der Waals surface area contributed by atoms with E-state index in [9.17, 15) is 33.7 Å². The van der Waals surface area contributed by atoms with Crippen molar-refractivity contribution in [1.29, 1.82) is 0 Å². The summed E-state index contributed by atoms with van der Waals surface area (Å²) >= 11 is 0. The Labute approximate surface area is 263 Å². The van der Waals surface area contributed by atoms with E-state index in [4.69, 9.17) is 39.3 Å². The number of imidazole rings is 2. The lowest BCUT2D eigenvalue weighted by molar-refractivity contribution is -0.169. The molecule has 0 amide bonds. The Morgan fingerprint density at radius 1 is 0.957 bits per heavy atom. The first-order chi connectivity index (χ1) is 22.8. The Kier molecular flexibility index (Phi) is 7.36. The average molecular weight is 649 g/mol. The van der Waals surface area contributed by atoms with Crippen LogP contribution < -0.4 is 11.5 Å². The largest absolute Gasteiger partial charge is 0.478 e. The zero-order chi connectivity index (χ0) is 36.4. The van der Waals surface area contributed by atoms with Gasteiger partial charge in [0, 0.05) is 18.2 Å². The van der Waals surface area contributed by atoms with E-state index in [0.717, 1.165) is 28.9 Å². The number of fused-ring (bicyclic) bond motifs is 2. The Balaban J connectivity index is 0.000000220. The third-order valence-corrected chi connectivity index (χ3v) is 6.55. The van der Waals surface area contributed by atoms with Crippen molar-refractivity contribution in [3.8, 4) is 24.7 Å². The van der Waals surface area contributed by atoms with Crippen LogP contribution in [-0.2, 0) is 23.8 Å². The van der Waals surface area contributed by atoms with Crippen LogP contribution in [0.15, 0.2) is 12.7 Å². The van der Waals surface area contributed by atoms with Crippen LogP contribution in [0.25, 0.3) is 22.3 Å². The standard InChI is InChI=1S/C13H12FN5O4.C12H10FN5O4.CH4/c1-3-13(11(21)22-2)6(20)4-7(23-13)19-5-16-8-9(15)17-12(14)18-10(8)19;1-2-12(10(20)21)5(19)3-6(22-12)18-4-15-7-8(14)16-11(13)17-9(7)18;/h1,5-7,20H,4H2,2H3,(H2,15,17,18);1,4-6,19H,3H2,(H,20,21)(H2,14,16,17);1H4/t6-,7+,13-;5-,6+,12-;/m00./s1/i4D2;3D2;. The fourth-order valence-corrected chi connectivity index (χ4v) is 4.32. The molecule has 6 heterocycles. The number of aliphatic hydroxyl groups excluding tert-OH is 2. The second-order valence-corrected chi connectivity index (χ2v) is 9.04. The molecule has 0 bridgehead atoms. The van der Waals surface area contributed by atoms with Gasteiger partial charge in [0.2, 0.25) is 0 Å². The minimum Gasteiger partial charge on any atom is -0.478 e. The van der Waals surface area contributed by atoms with E-state index in [-0.39, 0.29) is 41.4 Å². The van der Waals surface area contributed by atoms with E-state index in [1.165, 1.54) is 0 Å². The summed E-state index contributed by atoms with van der Waals surface area (Å²) in [4.78, 5) is 44.7. The van der Waals surface area contributed by atoms with Gasteiger partial charge < -0.3 is 41.0 Å². The summed E-state index contributed by atoms with van der Waals surface area (Å²) in [5, 5.41) is 29.7. The van der Waals surface area contributed by atoms with Crippen molar-refractivity contribution in [3.05, 3.63) is 24.8 Å². The van der Waals surface area contributed by atoms with Crippen LogP contribution in [0.1, 0.15) is 38.1 Å². The van der Waals surface area contributed by atoms with Gasteiger partial charge in [-0.15, -0.1) is 12.8 Å². The fourth-order valence-electron chi connectivity index (χ4n) is 4.32. The number of carboxylic acids is 1. The molecule has 0 radical (unpaired) electrons. The summed E-state index contributed by atoms with van der Waals surface area (Å²) in [6.07, 6.45) is -2.70. The average Bonchev–Trinajstić information content (AvgIpc) is 3.75. The van der Waals surface area contributed by atoms with Crippen LogP contribution in [0.4, 0.5) is 20.4 Å². The second kappa shape index (κ2) is 12.1. The van der Waals surface area contributed by atoms with Gasteiger partial charge in [-0.2, -0.15) is 28.7 Å². The summed E-state index contributed by atoms with van der Waals surface area (Å²) in [6.45, 7) is 0. The fraction of sp³-hybridized carbons (Fsp3) is 0.385. The third-order valence-electron chi connectivity index (χ3n) is 6.55. The summed E-state index contributed by atoms with van der Waals surface area (Å²) in [7, 11) is 1.01. The van der Waals surface area contributed by atoms with Crippen LogP contribution in [0, 0.1) is 36.8 Å². The van der Waals surface area contributed by atoms with E-state index >= 15 is 0 Å². The Morgan fingerprint density at radius 3 is 1.74 bits per heavy atom. The van der Waals surface area contributed by atoms with Crippen molar-refractivity contribution >= 4 is 45.9 Å². The topological polar surface area (TPSA) is 262 Å². The molecular formula is C26H26F2N10O8. The molecule has 46 heavy (non-hydrogen) atoms. The highest BCUT2D eigenvalue weighted by atomic mass is 19.1. The first kappa shape index (κ1) is 28.0. The molecule has 20 heteroatoms. The number of halogens is 2. The summed E-state index contributed by atoms with van der Waals surface area (Å²) in [6, 6.07) is 0. The lowest BCUT2D eigenvalue weighted by Gasteiger charge is -2.23. The molecule has 7 N–H and O–H groups in total. The highest BCUT2D eigenvalue weighted by molar-refractivity contribution is 5.85. The number of terminal acetylenes is 2. The zero-order valence-corrected chi connectivity index (χ0v) is 22.5. The number of hydrogen-bond donors (Lipinski definition) is 5. The van der Waals surface area contributed by atoms with Crippen molar-refractivity contribution in [3.63, 3.8) is 0 Å². The van der Waals surface area contributed by atoms with Gasteiger partial charge in [-0.3, -0.25) is 9.13 Å². The first-order valence-electron chi connectivity index (χ1n) is 14.1. The predicted octanol–water partition coefficient (Wildman–Crippen LogP) is -0.707. The summed E-state index contributed by atoms with van der Waals surface area (Å²) in [5.74, 6) is 0.254. The SMILES string of the molecule is C.[2H]C1([2H])[C@H](n2cnc3c(N)nc(F)nc32)O[C@](C#C)(C(=O)O)[C@H]1O.[2H]C1([2H])[C@H](n2cnc3c(N)nc(F)nc32)O[C@](C#C)(C(=O)OC)[C@H]1O. The maximum Gasteiger partial charge on any atom is 0.353 e. The lowest BCUT2D eigenvalue weighted by Crippen LogP contribution is -2.46. The van der Waals surface area contributed by atoms with Gasteiger partial charge in [0.1, 0.15) is 24.7 Å². The Hall–Kier alpha value is -5.54. The van der Waals surface area contributed by atoms with Gasteiger partial charge in [-0.05, 0) is 0 Å². The molecular weight excluding hydrogens is 618 g/mol. The van der Waals surface area contributed by atoms with Crippen molar-refractivity contribution in [1.82, 2.24) is 39.0 Å². The molecule has 2 fully saturated rings. The molecule has 6 atom stereocenters. The second-order valence-electron chi connectivity index (χ2n) is 9.04. The zero-order valence-electron chi connectivity index (χ0n) is 26.5. The number of aromatic nitrogens is 8. The van der Waals surface area contributed by atoms with E-state index in [2.05, 4.69) is 34.6 Å². The molecule has 4 aromatic rings. The maximum atomic E-state index is 13.5. The number of nitrogen functional groups attached to an aromatic ring is 2. The number of rotatable bonds is 4. The van der Waals surface area contributed by atoms with Crippen LogP contribution in [-0.4, -0.2) is 96.8 Å². The number of esters is 1. The third kappa shape index (κ3) is 5.14. The van der Waals surface area contributed by atoms with Gasteiger partial charge >= 0.3 is 24.1 Å². The van der Waals surface area contributed by atoms with Gasteiger partial charge in [0.05, 0.1) is 19.8 Å². The van der Waals surface area contributed by atoms with E-state index < -0.39 is 72.7 Å². The predicted molar refractivity (Wildman–Crippen MR) is 150 cm³/mol. The normalized spacial score (nSPS) is 30.3. The number of aliphatic carboxylic acids is 1.